The minimum atomic E-state index is -0.719. The van der Waals surface area contributed by atoms with E-state index >= 15 is 0 Å². The molecule has 2 bridgehead atoms. The molecule has 0 aliphatic carbocycles. The smallest absolute Gasteiger partial charge is 0.211 e. The molecule has 0 spiro atoms. The molecule has 3 aliphatic heterocycles. The minimum absolute atomic E-state index is 0.0152. The summed E-state index contributed by atoms with van der Waals surface area (Å²) in [6, 6.07) is 16.5. The van der Waals surface area contributed by atoms with Crippen LogP contribution in [0.3, 0.4) is 0 Å². The van der Waals surface area contributed by atoms with Gasteiger partial charge in [-0.1, -0.05) is 36.4 Å². The van der Waals surface area contributed by atoms with Crippen LogP contribution >= 0.6 is 0 Å². The Labute approximate surface area is 188 Å². The van der Waals surface area contributed by atoms with Gasteiger partial charge in [0.25, 0.3) is 0 Å². The van der Waals surface area contributed by atoms with E-state index in [1.807, 2.05) is 36.4 Å². The number of nitrogens with zero attached hydrogens (tertiary/aromatic N) is 2. The van der Waals surface area contributed by atoms with Crippen molar-refractivity contribution >= 4 is 16.7 Å². The molecule has 3 fully saturated rings. The van der Waals surface area contributed by atoms with Crippen LogP contribution in [0.25, 0.3) is 10.9 Å². The number of methoxy groups -OCH3 is 1. The number of piperidine rings is 3. The van der Waals surface area contributed by atoms with E-state index in [2.05, 4.69) is 22.5 Å². The highest BCUT2D eigenvalue weighted by Crippen LogP contribution is 2.42. The molecule has 3 saturated heterocycles. The van der Waals surface area contributed by atoms with Crippen molar-refractivity contribution in [2.24, 2.45) is 11.8 Å². The SMILES string of the molecule is C=C[C@H]1CN2CC[C@H]1C[C@@H]2[C@@H](O)c1cc(C(=O)c2ccccc2)nc2ccc(OC)cc12. The molecule has 3 aliphatic rings. The summed E-state index contributed by atoms with van der Waals surface area (Å²) in [7, 11) is 1.62. The van der Waals surface area contributed by atoms with Gasteiger partial charge in [-0.25, -0.2) is 4.98 Å². The van der Waals surface area contributed by atoms with Gasteiger partial charge in [-0.3, -0.25) is 9.69 Å². The lowest BCUT2D eigenvalue weighted by atomic mass is 9.73. The number of carbonyl (C=O) groups is 1. The molecule has 0 radical (unpaired) electrons. The van der Waals surface area contributed by atoms with Gasteiger partial charge in [-0.05, 0) is 61.1 Å². The van der Waals surface area contributed by atoms with Crippen LogP contribution in [0.2, 0.25) is 0 Å². The summed E-state index contributed by atoms with van der Waals surface area (Å²) in [5, 5.41) is 12.4. The average Bonchev–Trinajstić information content (AvgIpc) is 2.87. The number of hydrogen-bond donors (Lipinski definition) is 1. The summed E-state index contributed by atoms with van der Waals surface area (Å²) in [5.41, 5.74) is 2.35. The van der Waals surface area contributed by atoms with Crippen molar-refractivity contribution in [1.82, 2.24) is 9.88 Å². The molecule has 5 heteroatoms. The first-order valence-corrected chi connectivity index (χ1v) is 11.2. The highest BCUT2D eigenvalue weighted by atomic mass is 16.5. The second kappa shape index (κ2) is 8.49. The van der Waals surface area contributed by atoms with E-state index < -0.39 is 6.10 Å². The van der Waals surface area contributed by atoms with Crippen molar-refractivity contribution in [2.75, 3.05) is 20.2 Å². The standard InChI is InChI=1S/C27H28N2O3/c1-3-17-16-29-12-11-19(17)13-25(29)27(31)22-15-24(26(30)18-7-5-4-6-8-18)28-23-10-9-20(32-2)14-21(22)23/h3-10,14-15,17,19,25,27,31H,1,11-13,16H2,2H3/t17-,19-,25+,27-/m0/s1. The van der Waals surface area contributed by atoms with E-state index in [0.717, 1.165) is 36.9 Å². The molecule has 6 rings (SSSR count). The molecule has 32 heavy (non-hydrogen) atoms. The number of benzene rings is 2. The Bertz CT molecular complexity index is 1160. The van der Waals surface area contributed by atoms with Gasteiger partial charge in [-0.2, -0.15) is 0 Å². The fourth-order valence-corrected chi connectivity index (χ4v) is 5.37. The lowest BCUT2D eigenvalue weighted by Gasteiger charge is -2.50. The van der Waals surface area contributed by atoms with Crippen LogP contribution in [0, 0.1) is 11.8 Å². The normalized spacial score (nSPS) is 25.4. The van der Waals surface area contributed by atoms with Gasteiger partial charge in [0.05, 0.1) is 18.7 Å². The van der Waals surface area contributed by atoms with Crippen molar-refractivity contribution in [3.05, 3.63) is 84.1 Å². The van der Waals surface area contributed by atoms with Crippen LogP contribution in [0.5, 0.6) is 5.75 Å². The Balaban J connectivity index is 1.58. The highest BCUT2D eigenvalue weighted by Gasteiger charge is 2.42. The largest absolute Gasteiger partial charge is 0.497 e. The minimum Gasteiger partial charge on any atom is -0.497 e. The molecule has 1 N–H and O–H groups in total. The summed E-state index contributed by atoms with van der Waals surface area (Å²) >= 11 is 0. The molecule has 2 aromatic carbocycles. The number of ether oxygens (including phenoxy) is 1. The molecular weight excluding hydrogens is 400 g/mol. The fraction of sp³-hybridized carbons (Fsp3) is 0.333. The quantitative estimate of drug-likeness (QED) is 0.466. The third kappa shape index (κ3) is 3.61. The third-order valence-corrected chi connectivity index (χ3v) is 7.15. The topological polar surface area (TPSA) is 62.7 Å². The van der Waals surface area contributed by atoms with Crippen LogP contribution in [0.1, 0.15) is 40.6 Å². The number of aliphatic hydroxyl groups excluding tert-OH is 1. The maximum atomic E-state index is 13.2. The number of hydrogen-bond acceptors (Lipinski definition) is 5. The van der Waals surface area contributed by atoms with E-state index in [1.54, 1.807) is 25.3 Å². The molecule has 0 saturated carbocycles. The van der Waals surface area contributed by atoms with Crippen LogP contribution < -0.4 is 4.74 Å². The first-order chi connectivity index (χ1) is 15.6. The number of fused-ring (bicyclic) bond motifs is 4. The fourth-order valence-electron chi connectivity index (χ4n) is 5.37. The Kier molecular flexibility index (Phi) is 5.53. The lowest BCUT2D eigenvalue weighted by Crippen LogP contribution is -2.54. The maximum absolute atomic E-state index is 13.2. The zero-order valence-corrected chi connectivity index (χ0v) is 18.3. The second-order valence-electron chi connectivity index (χ2n) is 8.87. The molecule has 5 nitrogen and oxygen atoms in total. The van der Waals surface area contributed by atoms with Gasteiger partial charge >= 0.3 is 0 Å². The summed E-state index contributed by atoms with van der Waals surface area (Å²) in [6.45, 7) is 5.92. The first kappa shape index (κ1) is 20.9. The molecule has 1 unspecified atom stereocenters. The second-order valence-corrected chi connectivity index (χ2v) is 8.87. The van der Waals surface area contributed by atoms with Crippen LogP contribution in [0.4, 0.5) is 0 Å². The van der Waals surface area contributed by atoms with Crippen molar-refractivity contribution in [3.63, 3.8) is 0 Å². The Morgan fingerprint density at radius 3 is 2.75 bits per heavy atom. The molecule has 3 aromatic rings. The van der Waals surface area contributed by atoms with E-state index in [9.17, 15) is 9.90 Å². The van der Waals surface area contributed by atoms with E-state index in [0.29, 0.717) is 34.4 Å². The maximum Gasteiger partial charge on any atom is 0.211 e. The molecule has 4 heterocycles. The third-order valence-electron chi connectivity index (χ3n) is 7.15. The lowest BCUT2D eigenvalue weighted by molar-refractivity contribution is -0.0445. The van der Waals surface area contributed by atoms with Gasteiger partial charge in [0.2, 0.25) is 5.78 Å². The van der Waals surface area contributed by atoms with Crippen LogP contribution in [0.15, 0.2) is 67.3 Å². The van der Waals surface area contributed by atoms with Gasteiger partial charge in [0.15, 0.2) is 0 Å². The first-order valence-electron chi connectivity index (χ1n) is 11.2. The van der Waals surface area contributed by atoms with Crippen molar-refractivity contribution in [1.29, 1.82) is 0 Å². The van der Waals surface area contributed by atoms with Crippen molar-refractivity contribution in [3.8, 4) is 5.75 Å². The van der Waals surface area contributed by atoms with Crippen molar-refractivity contribution < 1.29 is 14.6 Å². The van der Waals surface area contributed by atoms with Crippen molar-refractivity contribution in [2.45, 2.75) is 25.0 Å². The number of pyridine rings is 1. The Morgan fingerprint density at radius 2 is 2.06 bits per heavy atom. The van der Waals surface area contributed by atoms with Gasteiger partial charge in [0.1, 0.15) is 11.4 Å². The van der Waals surface area contributed by atoms with E-state index in [-0.39, 0.29) is 11.8 Å². The van der Waals surface area contributed by atoms with Gasteiger partial charge in [-0.15, -0.1) is 6.58 Å². The van der Waals surface area contributed by atoms with Gasteiger partial charge < -0.3 is 9.84 Å². The van der Waals surface area contributed by atoms with E-state index in [1.165, 1.54) is 0 Å². The average molecular weight is 429 g/mol. The van der Waals surface area contributed by atoms with Crippen LogP contribution in [-0.4, -0.2) is 47.0 Å². The summed E-state index contributed by atoms with van der Waals surface area (Å²) < 4.78 is 5.43. The number of aromatic nitrogens is 1. The Morgan fingerprint density at radius 1 is 1.25 bits per heavy atom. The highest BCUT2D eigenvalue weighted by molar-refractivity contribution is 6.09. The zero-order valence-electron chi connectivity index (χ0n) is 18.3. The zero-order chi connectivity index (χ0) is 22.2. The molecule has 164 valence electrons. The predicted octanol–water partition coefficient (Wildman–Crippen LogP) is 4.40. The number of carbonyl (C=O) groups excluding carboxylic acids is 1. The molecular formula is C27H28N2O3. The predicted molar refractivity (Wildman–Crippen MR) is 125 cm³/mol. The monoisotopic (exact) mass is 428 g/mol. The Hall–Kier alpha value is -3.02. The summed E-state index contributed by atoms with van der Waals surface area (Å²) in [6.07, 6.45) is 3.40. The summed E-state index contributed by atoms with van der Waals surface area (Å²) in [4.78, 5) is 20.2. The van der Waals surface area contributed by atoms with Crippen LogP contribution in [-0.2, 0) is 0 Å². The van der Waals surface area contributed by atoms with E-state index in [4.69, 9.17) is 4.74 Å². The molecule has 5 atom stereocenters. The number of aliphatic hydroxyl groups is 1. The summed E-state index contributed by atoms with van der Waals surface area (Å²) in [5.74, 6) is 1.59. The number of rotatable bonds is 6. The van der Waals surface area contributed by atoms with Gasteiger partial charge in [0, 0.05) is 23.5 Å². The molecule has 0 amide bonds. The number of ketones is 1. The molecule has 1 aromatic heterocycles.